The van der Waals surface area contributed by atoms with Gasteiger partial charge in [0.2, 0.25) is 5.88 Å². The highest BCUT2D eigenvalue weighted by atomic mass is 31.2. The third-order valence-electron chi connectivity index (χ3n) is 7.04. The molecule has 0 radical (unpaired) electrons. The SMILES string of the molecule is COc1ccn(C2OC(COP(=O)(OC)Oc3cccc(OP4(=O)OC[C@H]5OC[C@](C)(F)C5O4)c3)CC2(C)C)c(=O)n1. The Bertz CT molecular complexity index is 1450. The Morgan fingerprint density at radius 1 is 1.21 bits per heavy atom. The van der Waals surface area contributed by atoms with Gasteiger partial charge in [-0.3, -0.25) is 22.7 Å². The molecule has 0 aliphatic carbocycles. The molecule has 1 aromatic carbocycles. The summed E-state index contributed by atoms with van der Waals surface area (Å²) in [5, 5.41) is 0. The van der Waals surface area contributed by atoms with Gasteiger partial charge in [-0.25, -0.2) is 18.3 Å². The average Bonchev–Trinajstić information content (AvgIpc) is 3.40. The lowest BCUT2D eigenvalue weighted by atomic mass is 9.87. The summed E-state index contributed by atoms with van der Waals surface area (Å²) in [6.07, 6.45) is -1.05. The number of ether oxygens (including phenoxy) is 3. The van der Waals surface area contributed by atoms with E-state index in [1.54, 1.807) is 6.07 Å². The van der Waals surface area contributed by atoms with Gasteiger partial charge < -0.3 is 23.3 Å². The van der Waals surface area contributed by atoms with E-state index in [9.17, 15) is 18.3 Å². The van der Waals surface area contributed by atoms with E-state index in [4.69, 9.17) is 41.4 Å². The first kappa shape index (κ1) is 31.1. The van der Waals surface area contributed by atoms with Crippen molar-refractivity contribution in [1.82, 2.24) is 9.55 Å². The fourth-order valence-electron chi connectivity index (χ4n) is 4.99. The molecule has 2 aromatic rings. The van der Waals surface area contributed by atoms with Gasteiger partial charge in [-0.2, -0.15) is 4.98 Å². The van der Waals surface area contributed by atoms with Gasteiger partial charge >= 0.3 is 21.3 Å². The molecule has 0 amide bonds. The lowest BCUT2D eigenvalue weighted by molar-refractivity contribution is -0.0493. The number of alkyl halides is 1. The highest BCUT2D eigenvalue weighted by molar-refractivity contribution is 7.49. The van der Waals surface area contributed by atoms with Gasteiger partial charge in [-0.15, -0.1) is 0 Å². The number of benzene rings is 1. The Hall–Kier alpha value is -2.35. The monoisotopic (exact) mass is 634 g/mol. The third kappa shape index (κ3) is 6.58. The van der Waals surface area contributed by atoms with E-state index >= 15 is 0 Å². The average molecular weight is 634 g/mol. The molecule has 0 bridgehead atoms. The Morgan fingerprint density at radius 2 is 1.98 bits per heavy atom. The number of phosphoric ester groups is 2. The molecule has 5 rings (SSSR count). The van der Waals surface area contributed by atoms with E-state index < -0.39 is 57.0 Å². The van der Waals surface area contributed by atoms with Crippen LogP contribution < -0.4 is 19.5 Å². The first-order chi connectivity index (χ1) is 19.7. The third-order valence-corrected chi connectivity index (χ3v) is 9.77. The standard InChI is InChI=1S/C25H33FN2O12P2/c1-24(2)12-18(37-22(24)28-10-9-20(32-4)27-23(28)29)13-35-41(30,33-5)38-16-7-6-8-17(11-16)39-42(31)36-14-19-21(40-42)25(3,26)15-34-19/h6-11,18-19,21-22H,12-15H2,1-5H3/t18?,19-,21?,22?,25+,41?,42?/m1/s1. The molecule has 0 spiro atoms. The molecule has 14 nitrogen and oxygen atoms in total. The Labute approximate surface area is 241 Å². The van der Waals surface area contributed by atoms with Gasteiger partial charge in [-0.1, -0.05) is 19.9 Å². The van der Waals surface area contributed by atoms with Crippen LogP contribution in [0.1, 0.15) is 33.4 Å². The van der Waals surface area contributed by atoms with Gasteiger partial charge in [0.05, 0.1) is 33.0 Å². The minimum Gasteiger partial charge on any atom is -0.481 e. The second-order valence-corrected chi connectivity index (χ2v) is 14.2. The number of hydrogen-bond acceptors (Lipinski definition) is 13. The number of halogens is 1. The Kier molecular flexibility index (Phi) is 8.60. The van der Waals surface area contributed by atoms with Gasteiger partial charge in [0, 0.05) is 30.9 Å². The van der Waals surface area contributed by atoms with Crippen molar-refractivity contribution >= 4 is 15.6 Å². The fraction of sp³-hybridized carbons (Fsp3) is 0.600. The number of phosphoric acid groups is 2. The van der Waals surface area contributed by atoms with Crippen LogP contribution in [0.25, 0.3) is 0 Å². The predicted molar refractivity (Wildman–Crippen MR) is 143 cm³/mol. The van der Waals surface area contributed by atoms with Crippen molar-refractivity contribution in [2.24, 2.45) is 5.41 Å². The summed E-state index contributed by atoms with van der Waals surface area (Å²) < 4.78 is 91.1. The zero-order valence-electron chi connectivity index (χ0n) is 23.7. The first-order valence-corrected chi connectivity index (χ1v) is 16.0. The topological polar surface area (TPSA) is 152 Å². The molecular weight excluding hydrogens is 601 g/mol. The number of methoxy groups -OCH3 is 1. The van der Waals surface area contributed by atoms with Crippen LogP contribution in [0, 0.1) is 5.41 Å². The second kappa shape index (κ2) is 11.6. The first-order valence-electron chi connectivity index (χ1n) is 13.1. The zero-order chi connectivity index (χ0) is 30.3. The van der Waals surface area contributed by atoms with Crippen LogP contribution in [0.3, 0.4) is 0 Å². The molecular formula is C25H33FN2O12P2. The molecule has 3 aliphatic heterocycles. The van der Waals surface area contributed by atoms with Crippen molar-refractivity contribution in [3.05, 3.63) is 47.0 Å². The van der Waals surface area contributed by atoms with Gasteiger partial charge in [-0.05, 0) is 25.5 Å². The normalized spacial score (nSPS) is 33.5. The van der Waals surface area contributed by atoms with E-state index in [2.05, 4.69) is 4.98 Å². The quantitative estimate of drug-likeness (QED) is 0.339. The van der Waals surface area contributed by atoms with Crippen LogP contribution in [-0.2, 0) is 36.7 Å². The molecule has 17 heteroatoms. The number of hydrogen-bond donors (Lipinski definition) is 0. The summed E-state index contributed by atoms with van der Waals surface area (Å²) in [4.78, 5) is 16.4. The van der Waals surface area contributed by atoms with E-state index in [0.29, 0.717) is 6.42 Å². The van der Waals surface area contributed by atoms with Crippen molar-refractivity contribution in [3.63, 3.8) is 0 Å². The summed E-state index contributed by atoms with van der Waals surface area (Å²) in [5.41, 5.74) is -2.90. The van der Waals surface area contributed by atoms with Crippen molar-refractivity contribution < 1.29 is 54.9 Å². The van der Waals surface area contributed by atoms with Crippen LogP contribution in [0.15, 0.2) is 41.3 Å². The molecule has 3 aliphatic rings. The zero-order valence-corrected chi connectivity index (χ0v) is 25.5. The summed E-state index contributed by atoms with van der Waals surface area (Å²) in [5.74, 6) is 0.171. The summed E-state index contributed by atoms with van der Waals surface area (Å²) in [7, 11) is -5.80. The Morgan fingerprint density at radius 3 is 2.69 bits per heavy atom. The second-order valence-electron chi connectivity index (χ2n) is 10.9. The number of nitrogens with zero attached hydrogens (tertiary/aromatic N) is 2. The Balaban J connectivity index is 1.21. The van der Waals surface area contributed by atoms with Crippen LogP contribution in [0.4, 0.5) is 4.39 Å². The molecule has 1 aromatic heterocycles. The van der Waals surface area contributed by atoms with Gasteiger partial charge in [0.25, 0.3) is 0 Å². The lowest BCUT2D eigenvalue weighted by Gasteiger charge is -2.33. The molecule has 0 saturated carbocycles. The molecule has 232 valence electrons. The minimum absolute atomic E-state index is 0.0000973. The summed E-state index contributed by atoms with van der Waals surface area (Å²) in [6.45, 7) is 4.56. The minimum atomic E-state index is -4.20. The van der Waals surface area contributed by atoms with Crippen LogP contribution >= 0.6 is 15.6 Å². The lowest BCUT2D eigenvalue weighted by Crippen LogP contribution is -2.43. The van der Waals surface area contributed by atoms with E-state index in [1.807, 2.05) is 13.8 Å². The molecule has 0 N–H and O–H groups in total. The summed E-state index contributed by atoms with van der Waals surface area (Å²) >= 11 is 0. The highest BCUT2D eigenvalue weighted by Gasteiger charge is 2.56. The number of fused-ring (bicyclic) bond motifs is 1. The van der Waals surface area contributed by atoms with Crippen LogP contribution in [0.5, 0.6) is 17.4 Å². The van der Waals surface area contributed by atoms with Crippen molar-refractivity contribution in [3.8, 4) is 17.4 Å². The van der Waals surface area contributed by atoms with E-state index in [-0.39, 0.29) is 37.2 Å². The van der Waals surface area contributed by atoms with Crippen molar-refractivity contribution in [2.75, 3.05) is 34.0 Å². The predicted octanol–water partition coefficient (Wildman–Crippen LogP) is 4.45. The molecule has 42 heavy (non-hydrogen) atoms. The molecule has 4 heterocycles. The molecule has 5 unspecified atom stereocenters. The van der Waals surface area contributed by atoms with E-state index in [0.717, 1.165) is 7.11 Å². The van der Waals surface area contributed by atoms with Crippen molar-refractivity contribution in [2.45, 2.75) is 57.4 Å². The largest absolute Gasteiger partial charge is 0.530 e. The van der Waals surface area contributed by atoms with Gasteiger partial charge in [0.15, 0.2) is 5.67 Å². The fourth-order valence-corrected chi connectivity index (χ4v) is 7.44. The maximum absolute atomic E-state index is 14.7. The highest BCUT2D eigenvalue weighted by Crippen LogP contribution is 2.57. The maximum Gasteiger partial charge on any atom is 0.530 e. The van der Waals surface area contributed by atoms with E-state index in [1.165, 1.54) is 49.1 Å². The number of aromatic nitrogens is 2. The molecule has 3 fully saturated rings. The molecule has 7 atom stereocenters. The number of rotatable bonds is 10. The smallest absolute Gasteiger partial charge is 0.481 e. The van der Waals surface area contributed by atoms with Crippen LogP contribution in [0.2, 0.25) is 0 Å². The van der Waals surface area contributed by atoms with Crippen LogP contribution in [-0.4, -0.2) is 67.6 Å². The van der Waals surface area contributed by atoms with Gasteiger partial charge in [0.1, 0.15) is 29.9 Å². The molecule has 3 saturated heterocycles. The maximum atomic E-state index is 14.7. The summed E-state index contributed by atoms with van der Waals surface area (Å²) in [6, 6.07) is 7.20. The van der Waals surface area contributed by atoms with Crippen molar-refractivity contribution in [1.29, 1.82) is 0 Å².